The highest BCUT2D eigenvalue weighted by Gasteiger charge is 2.29. The van der Waals surface area contributed by atoms with Crippen LogP contribution >= 0.6 is 23.1 Å². The molecule has 0 aromatic carbocycles. The SMILES string of the molecule is CCS(=O)(=O)NC(CCSC)C(=O)N1CCN(Cc2csc(C)n2)CC1. The number of thiazole rings is 1. The van der Waals surface area contributed by atoms with E-state index in [0.29, 0.717) is 19.5 Å². The van der Waals surface area contributed by atoms with Crippen LogP contribution in [-0.4, -0.2) is 79.1 Å². The average molecular weight is 421 g/mol. The number of sulfonamides is 1. The summed E-state index contributed by atoms with van der Waals surface area (Å²) in [4.78, 5) is 21.4. The Morgan fingerprint density at radius 2 is 2.08 bits per heavy atom. The molecule has 1 aromatic heterocycles. The van der Waals surface area contributed by atoms with E-state index in [4.69, 9.17) is 0 Å². The van der Waals surface area contributed by atoms with Crippen LogP contribution in [0.25, 0.3) is 0 Å². The summed E-state index contributed by atoms with van der Waals surface area (Å²) >= 11 is 3.26. The van der Waals surface area contributed by atoms with Crippen LogP contribution in [0.5, 0.6) is 0 Å². The number of aromatic nitrogens is 1. The lowest BCUT2D eigenvalue weighted by molar-refractivity contribution is -0.134. The molecule has 7 nitrogen and oxygen atoms in total. The first-order chi connectivity index (χ1) is 12.3. The zero-order chi connectivity index (χ0) is 19.2. The molecule has 1 N–H and O–H groups in total. The number of nitrogens with zero attached hydrogens (tertiary/aromatic N) is 3. The van der Waals surface area contributed by atoms with Gasteiger partial charge in [-0.15, -0.1) is 11.3 Å². The lowest BCUT2D eigenvalue weighted by atomic mass is 10.2. The summed E-state index contributed by atoms with van der Waals surface area (Å²) in [5.74, 6) is 0.614. The van der Waals surface area contributed by atoms with Crippen molar-refractivity contribution in [3.8, 4) is 0 Å². The molecule has 1 atom stereocenters. The van der Waals surface area contributed by atoms with Crippen molar-refractivity contribution >= 4 is 39.0 Å². The number of thioether (sulfide) groups is 1. The highest BCUT2D eigenvalue weighted by molar-refractivity contribution is 7.98. The summed E-state index contributed by atoms with van der Waals surface area (Å²) in [6, 6.07) is -0.667. The smallest absolute Gasteiger partial charge is 0.240 e. The van der Waals surface area contributed by atoms with Gasteiger partial charge in [0, 0.05) is 38.1 Å². The molecule has 1 unspecified atom stereocenters. The van der Waals surface area contributed by atoms with Crippen LogP contribution in [0.15, 0.2) is 5.38 Å². The van der Waals surface area contributed by atoms with Gasteiger partial charge in [0.1, 0.15) is 6.04 Å². The van der Waals surface area contributed by atoms with Crippen LogP contribution < -0.4 is 4.72 Å². The molecule has 1 aliphatic rings. The number of amides is 1. The summed E-state index contributed by atoms with van der Waals surface area (Å²) in [7, 11) is -3.41. The number of carbonyl (C=O) groups excluding carboxylic acids is 1. The first-order valence-electron chi connectivity index (χ1n) is 8.75. The second-order valence-electron chi connectivity index (χ2n) is 6.31. The molecule has 0 spiro atoms. The number of nitrogens with one attached hydrogen (secondary N) is 1. The van der Waals surface area contributed by atoms with Gasteiger partial charge >= 0.3 is 0 Å². The lowest BCUT2D eigenvalue weighted by Crippen LogP contribution is -2.55. The topological polar surface area (TPSA) is 82.6 Å². The zero-order valence-electron chi connectivity index (χ0n) is 15.6. The summed E-state index contributed by atoms with van der Waals surface area (Å²) in [5.41, 5.74) is 1.07. The Labute approximate surface area is 164 Å². The molecule has 1 fully saturated rings. The summed E-state index contributed by atoms with van der Waals surface area (Å²) in [6.45, 7) is 7.16. The highest BCUT2D eigenvalue weighted by atomic mass is 32.2. The molecular weight excluding hydrogens is 392 g/mol. The minimum Gasteiger partial charge on any atom is -0.339 e. The number of hydrogen-bond donors (Lipinski definition) is 1. The molecule has 0 aliphatic carbocycles. The molecule has 2 heterocycles. The highest BCUT2D eigenvalue weighted by Crippen LogP contribution is 2.14. The number of piperazine rings is 1. The van der Waals surface area contributed by atoms with E-state index in [2.05, 4.69) is 20.0 Å². The zero-order valence-corrected chi connectivity index (χ0v) is 18.1. The van der Waals surface area contributed by atoms with Crippen LogP contribution in [-0.2, 0) is 21.4 Å². The molecule has 0 radical (unpaired) electrons. The second kappa shape index (κ2) is 10.0. The minimum absolute atomic E-state index is 0.0170. The van der Waals surface area contributed by atoms with Crippen LogP contribution in [0.2, 0.25) is 0 Å². The van der Waals surface area contributed by atoms with Crippen LogP contribution in [0.3, 0.4) is 0 Å². The molecule has 1 aromatic rings. The summed E-state index contributed by atoms with van der Waals surface area (Å²) < 4.78 is 26.4. The van der Waals surface area contributed by atoms with E-state index >= 15 is 0 Å². The normalized spacial score (nSPS) is 17.4. The molecule has 0 bridgehead atoms. The molecule has 1 aliphatic heterocycles. The first kappa shape index (κ1) is 21.6. The van der Waals surface area contributed by atoms with Gasteiger partial charge in [0.25, 0.3) is 0 Å². The maximum Gasteiger partial charge on any atom is 0.240 e. The van der Waals surface area contributed by atoms with E-state index in [0.717, 1.165) is 36.1 Å². The Kier molecular flexibility index (Phi) is 8.34. The Morgan fingerprint density at radius 1 is 1.38 bits per heavy atom. The second-order valence-corrected chi connectivity index (χ2v) is 10.4. The standard InChI is InChI=1S/C16H28N4O3S3/c1-4-26(22,23)18-15(5-10-24-3)16(21)20-8-6-19(7-9-20)11-14-12-25-13(2)17-14/h12,15,18H,4-11H2,1-3H3. The van der Waals surface area contributed by atoms with E-state index in [9.17, 15) is 13.2 Å². The third-order valence-corrected chi connectivity index (χ3v) is 7.22. The van der Waals surface area contributed by atoms with Crippen molar-refractivity contribution in [2.75, 3.05) is 43.9 Å². The lowest BCUT2D eigenvalue weighted by Gasteiger charge is -2.36. The van der Waals surface area contributed by atoms with Crippen molar-refractivity contribution < 1.29 is 13.2 Å². The van der Waals surface area contributed by atoms with Gasteiger partial charge in [-0.25, -0.2) is 18.1 Å². The van der Waals surface area contributed by atoms with E-state index in [1.165, 1.54) is 0 Å². The quantitative estimate of drug-likeness (QED) is 0.645. The number of hydrogen-bond acceptors (Lipinski definition) is 7. The Hall–Kier alpha value is -0.680. The van der Waals surface area contributed by atoms with Crippen LogP contribution in [0.1, 0.15) is 24.0 Å². The Morgan fingerprint density at radius 3 is 2.62 bits per heavy atom. The third kappa shape index (κ3) is 6.49. The van der Waals surface area contributed by atoms with Gasteiger partial charge in [-0.1, -0.05) is 0 Å². The van der Waals surface area contributed by atoms with Crippen LogP contribution in [0.4, 0.5) is 0 Å². The maximum absolute atomic E-state index is 12.8. The molecule has 10 heteroatoms. The van der Waals surface area contributed by atoms with Gasteiger partial charge in [0.05, 0.1) is 16.5 Å². The summed E-state index contributed by atoms with van der Waals surface area (Å²) in [5, 5.41) is 3.14. The number of rotatable bonds is 9. The molecule has 1 amide bonds. The predicted octanol–water partition coefficient (Wildman–Crippen LogP) is 1.16. The van der Waals surface area contributed by atoms with Crippen molar-refractivity contribution in [2.24, 2.45) is 0 Å². The van der Waals surface area contributed by atoms with Gasteiger partial charge in [-0.2, -0.15) is 11.8 Å². The van der Waals surface area contributed by atoms with E-state index in [1.807, 2.05) is 13.2 Å². The third-order valence-electron chi connectivity index (χ3n) is 4.35. The van der Waals surface area contributed by atoms with E-state index in [1.54, 1.807) is 34.9 Å². The van der Waals surface area contributed by atoms with Crippen molar-refractivity contribution in [1.82, 2.24) is 19.5 Å². The van der Waals surface area contributed by atoms with Crippen LogP contribution in [0, 0.1) is 6.92 Å². The fraction of sp³-hybridized carbons (Fsp3) is 0.750. The molecule has 26 heavy (non-hydrogen) atoms. The number of carbonyl (C=O) groups is 1. The van der Waals surface area contributed by atoms with Crippen molar-refractivity contribution in [3.05, 3.63) is 16.1 Å². The number of aryl methyl sites for hydroxylation is 1. The van der Waals surface area contributed by atoms with Crippen molar-refractivity contribution in [3.63, 3.8) is 0 Å². The molecule has 2 rings (SSSR count). The average Bonchev–Trinajstić information content (AvgIpc) is 3.03. The van der Waals surface area contributed by atoms with Gasteiger partial charge in [-0.3, -0.25) is 9.69 Å². The maximum atomic E-state index is 12.8. The molecule has 0 saturated carbocycles. The van der Waals surface area contributed by atoms with E-state index < -0.39 is 16.1 Å². The Balaban J connectivity index is 1.90. The van der Waals surface area contributed by atoms with Gasteiger partial charge in [-0.05, 0) is 32.3 Å². The molecule has 1 saturated heterocycles. The van der Waals surface area contributed by atoms with E-state index in [-0.39, 0.29) is 11.7 Å². The van der Waals surface area contributed by atoms with Gasteiger partial charge in [0.15, 0.2) is 0 Å². The van der Waals surface area contributed by atoms with Crippen molar-refractivity contribution in [1.29, 1.82) is 0 Å². The van der Waals surface area contributed by atoms with Crippen molar-refractivity contribution in [2.45, 2.75) is 32.9 Å². The fourth-order valence-electron chi connectivity index (χ4n) is 2.83. The van der Waals surface area contributed by atoms with Gasteiger partial charge < -0.3 is 4.90 Å². The Bertz CT molecular complexity index is 685. The van der Waals surface area contributed by atoms with Gasteiger partial charge in [0.2, 0.25) is 15.9 Å². The first-order valence-corrected chi connectivity index (χ1v) is 12.7. The monoisotopic (exact) mass is 420 g/mol. The molecular formula is C16H28N4O3S3. The summed E-state index contributed by atoms with van der Waals surface area (Å²) in [6.07, 6.45) is 2.46. The minimum atomic E-state index is -3.41. The molecule has 148 valence electrons. The predicted molar refractivity (Wildman–Crippen MR) is 108 cm³/mol. The largest absolute Gasteiger partial charge is 0.339 e. The fourth-order valence-corrected chi connectivity index (χ4v) is 4.72.